The van der Waals surface area contributed by atoms with Gasteiger partial charge in [0.1, 0.15) is 0 Å². The average Bonchev–Trinajstić information content (AvgIpc) is 2.45. The molecule has 2 fully saturated rings. The summed E-state index contributed by atoms with van der Waals surface area (Å²) < 4.78 is 0. The molecule has 21 heavy (non-hydrogen) atoms. The van der Waals surface area contributed by atoms with Crippen molar-refractivity contribution >= 4 is 0 Å². The molecule has 120 valence electrons. The van der Waals surface area contributed by atoms with Crippen molar-refractivity contribution in [2.75, 3.05) is 13.2 Å². The van der Waals surface area contributed by atoms with Crippen molar-refractivity contribution in [3.8, 4) is 0 Å². The number of rotatable bonds is 5. The van der Waals surface area contributed by atoms with Crippen LogP contribution in [0.2, 0.25) is 0 Å². The molecule has 0 bridgehead atoms. The molecule has 2 rings (SSSR count). The second-order valence-electron chi connectivity index (χ2n) is 7.46. The summed E-state index contributed by atoms with van der Waals surface area (Å²) in [7, 11) is 0. The van der Waals surface area contributed by atoms with Crippen LogP contribution in [-0.2, 0) is 0 Å². The maximum absolute atomic E-state index is 9.39. The van der Waals surface area contributed by atoms with E-state index in [0.29, 0.717) is 17.8 Å². The SMILES string of the molecule is C=C1CCC2C(C)CCCC2(C)[C@H]1C/C=C(/CO)CCO. The van der Waals surface area contributed by atoms with Crippen LogP contribution >= 0.6 is 0 Å². The minimum Gasteiger partial charge on any atom is -0.396 e. The van der Waals surface area contributed by atoms with Crippen LogP contribution in [-0.4, -0.2) is 23.4 Å². The predicted octanol–water partition coefficient (Wildman–Crippen LogP) is 4.09. The van der Waals surface area contributed by atoms with E-state index in [2.05, 4.69) is 26.5 Å². The van der Waals surface area contributed by atoms with E-state index in [9.17, 15) is 5.11 Å². The minimum atomic E-state index is 0.0658. The van der Waals surface area contributed by atoms with E-state index < -0.39 is 0 Å². The van der Waals surface area contributed by atoms with Crippen LogP contribution < -0.4 is 0 Å². The van der Waals surface area contributed by atoms with E-state index in [1.54, 1.807) is 0 Å². The van der Waals surface area contributed by atoms with Crippen molar-refractivity contribution < 1.29 is 10.2 Å². The normalized spacial score (nSPS) is 37.4. The number of allylic oxidation sites excluding steroid dienone is 2. The number of aliphatic hydroxyl groups excluding tert-OH is 2. The third-order valence-corrected chi connectivity index (χ3v) is 6.25. The highest BCUT2D eigenvalue weighted by molar-refractivity contribution is 5.17. The molecule has 0 spiro atoms. The molecule has 0 saturated heterocycles. The molecule has 2 heteroatoms. The van der Waals surface area contributed by atoms with Gasteiger partial charge in [-0.3, -0.25) is 0 Å². The number of aliphatic hydroxyl groups is 2. The van der Waals surface area contributed by atoms with Crippen molar-refractivity contribution in [2.24, 2.45) is 23.2 Å². The topological polar surface area (TPSA) is 40.5 Å². The molecular weight excluding hydrogens is 260 g/mol. The zero-order valence-electron chi connectivity index (χ0n) is 13.8. The molecule has 0 aromatic carbocycles. The monoisotopic (exact) mass is 292 g/mol. The van der Waals surface area contributed by atoms with E-state index in [1.807, 2.05) is 0 Å². The van der Waals surface area contributed by atoms with Crippen molar-refractivity contribution in [2.45, 2.75) is 58.8 Å². The lowest BCUT2D eigenvalue weighted by molar-refractivity contribution is -0.00242. The summed E-state index contributed by atoms with van der Waals surface area (Å²) in [5.41, 5.74) is 2.75. The van der Waals surface area contributed by atoms with E-state index in [1.165, 1.54) is 31.3 Å². The maximum atomic E-state index is 9.39. The van der Waals surface area contributed by atoms with E-state index in [4.69, 9.17) is 5.11 Å². The quantitative estimate of drug-likeness (QED) is 0.749. The summed E-state index contributed by atoms with van der Waals surface area (Å²) in [6.45, 7) is 9.45. The van der Waals surface area contributed by atoms with Crippen LogP contribution in [0.15, 0.2) is 23.8 Å². The Morgan fingerprint density at radius 3 is 2.81 bits per heavy atom. The zero-order chi connectivity index (χ0) is 15.5. The standard InChI is InChI=1S/C19H32O2/c1-14-5-4-11-19(3)17(14)8-6-15(2)18(19)9-7-16(13-21)10-12-20/h7,14,17-18,20-21H,2,4-6,8-13H2,1,3H3/b16-7+/t14?,17?,18-,19?/m0/s1. The summed E-state index contributed by atoms with van der Waals surface area (Å²) in [5.74, 6) is 2.20. The van der Waals surface area contributed by atoms with Gasteiger partial charge in [0, 0.05) is 6.61 Å². The molecule has 2 aliphatic rings. The van der Waals surface area contributed by atoms with Gasteiger partial charge in [0.05, 0.1) is 6.61 Å². The Bertz CT molecular complexity index is 398. The van der Waals surface area contributed by atoms with Crippen molar-refractivity contribution in [3.63, 3.8) is 0 Å². The summed E-state index contributed by atoms with van der Waals surface area (Å²) in [4.78, 5) is 0. The van der Waals surface area contributed by atoms with Gasteiger partial charge in [-0.05, 0) is 60.8 Å². The minimum absolute atomic E-state index is 0.0658. The Labute approximate surface area is 130 Å². The third kappa shape index (κ3) is 3.43. The molecule has 3 unspecified atom stereocenters. The second-order valence-corrected chi connectivity index (χ2v) is 7.46. The molecule has 2 saturated carbocycles. The lowest BCUT2D eigenvalue weighted by Gasteiger charge is -2.54. The molecule has 2 nitrogen and oxygen atoms in total. The molecule has 2 N–H and O–H groups in total. The summed E-state index contributed by atoms with van der Waals surface area (Å²) in [6, 6.07) is 0. The van der Waals surface area contributed by atoms with Gasteiger partial charge in [-0.25, -0.2) is 0 Å². The van der Waals surface area contributed by atoms with Crippen molar-refractivity contribution in [1.29, 1.82) is 0 Å². The maximum Gasteiger partial charge on any atom is 0.0642 e. The first kappa shape index (κ1) is 16.8. The summed E-state index contributed by atoms with van der Waals surface area (Å²) in [5, 5.41) is 18.4. The van der Waals surface area contributed by atoms with Crippen LogP contribution in [0, 0.1) is 23.2 Å². The third-order valence-electron chi connectivity index (χ3n) is 6.25. The van der Waals surface area contributed by atoms with Crippen LogP contribution in [0.4, 0.5) is 0 Å². The first-order valence-corrected chi connectivity index (χ1v) is 8.60. The van der Waals surface area contributed by atoms with Crippen LogP contribution in [0.1, 0.15) is 58.8 Å². The van der Waals surface area contributed by atoms with Gasteiger partial charge in [0.2, 0.25) is 0 Å². The highest BCUT2D eigenvalue weighted by Gasteiger charge is 2.48. The molecule has 0 heterocycles. The number of hydrogen-bond acceptors (Lipinski definition) is 2. The Morgan fingerprint density at radius 1 is 1.38 bits per heavy atom. The van der Waals surface area contributed by atoms with Crippen LogP contribution in [0.25, 0.3) is 0 Å². The highest BCUT2D eigenvalue weighted by atomic mass is 16.3. The van der Waals surface area contributed by atoms with Gasteiger partial charge >= 0.3 is 0 Å². The van der Waals surface area contributed by atoms with E-state index in [0.717, 1.165) is 30.3 Å². The smallest absolute Gasteiger partial charge is 0.0642 e. The fourth-order valence-electron chi connectivity index (χ4n) is 4.98. The lowest BCUT2D eigenvalue weighted by atomic mass is 9.51. The molecule has 0 amide bonds. The summed E-state index contributed by atoms with van der Waals surface area (Å²) in [6.07, 6.45) is 10.2. The average molecular weight is 292 g/mol. The van der Waals surface area contributed by atoms with E-state index in [-0.39, 0.29) is 13.2 Å². The number of hydrogen-bond donors (Lipinski definition) is 2. The van der Waals surface area contributed by atoms with Gasteiger partial charge in [-0.2, -0.15) is 0 Å². The Morgan fingerprint density at radius 2 is 2.14 bits per heavy atom. The molecule has 0 aromatic heterocycles. The Kier molecular flexibility index (Phi) is 5.67. The molecule has 4 atom stereocenters. The fourth-order valence-corrected chi connectivity index (χ4v) is 4.98. The van der Waals surface area contributed by atoms with Gasteiger partial charge in [-0.1, -0.05) is 44.9 Å². The Hall–Kier alpha value is -0.600. The van der Waals surface area contributed by atoms with Gasteiger partial charge in [-0.15, -0.1) is 0 Å². The van der Waals surface area contributed by atoms with Crippen molar-refractivity contribution in [1.82, 2.24) is 0 Å². The zero-order valence-corrected chi connectivity index (χ0v) is 13.8. The van der Waals surface area contributed by atoms with Gasteiger partial charge < -0.3 is 10.2 Å². The lowest BCUT2D eigenvalue weighted by Crippen LogP contribution is -2.45. The Balaban J connectivity index is 2.16. The second kappa shape index (κ2) is 7.11. The van der Waals surface area contributed by atoms with Crippen molar-refractivity contribution in [3.05, 3.63) is 23.8 Å². The van der Waals surface area contributed by atoms with E-state index >= 15 is 0 Å². The predicted molar refractivity (Wildman–Crippen MR) is 88.0 cm³/mol. The first-order chi connectivity index (χ1) is 10.0. The molecule has 2 aliphatic carbocycles. The first-order valence-electron chi connectivity index (χ1n) is 8.60. The van der Waals surface area contributed by atoms with Crippen LogP contribution in [0.3, 0.4) is 0 Å². The van der Waals surface area contributed by atoms with Gasteiger partial charge in [0.15, 0.2) is 0 Å². The molecule has 0 radical (unpaired) electrons. The highest BCUT2D eigenvalue weighted by Crippen LogP contribution is 2.57. The molecule has 0 aliphatic heterocycles. The largest absolute Gasteiger partial charge is 0.396 e. The van der Waals surface area contributed by atoms with Gasteiger partial charge in [0.25, 0.3) is 0 Å². The summed E-state index contributed by atoms with van der Waals surface area (Å²) >= 11 is 0. The molecular formula is C19H32O2. The van der Waals surface area contributed by atoms with Crippen LogP contribution in [0.5, 0.6) is 0 Å². The fraction of sp³-hybridized carbons (Fsp3) is 0.789. The molecule has 0 aromatic rings. The number of fused-ring (bicyclic) bond motifs is 1.